The lowest BCUT2D eigenvalue weighted by Crippen LogP contribution is -2.70. The Balaban J connectivity index is 1.75. The van der Waals surface area contributed by atoms with Crippen LogP contribution in [-0.2, 0) is 12.3 Å². The summed E-state index contributed by atoms with van der Waals surface area (Å²) in [7, 11) is 0. The molecule has 0 bridgehead atoms. The van der Waals surface area contributed by atoms with E-state index in [9.17, 15) is 19.8 Å². The first-order valence-electron chi connectivity index (χ1n) is 13.0. The molecular formula is C28H40ClN5O4S. The molecule has 1 aliphatic heterocycles. The van der Waals surface area contributed by atoms with Crippen molar-refractivity contribution >= 4 is 35.5 Å². The minimum Gasteiger partial charge on any atom is -0.465 e. The van der Waals surface area contributed by atoms with Crippen LogP contribution in [0.3, 0.4) is 0 Å². The Morgan fingerprint density at radius 3 is 1.97 bits per heavy atom. The number of halogens is 1. The minimum absolute atomic E-state index is 0.526. The molecule has 9 nitrogen and oxygen atoms in total. The molecule has 1 aliphatic rings. The van der Waals surface area contributed by atoms with E-state index in [0.717, 1.165) is 16.3 Å². The van der Waals surface area contributed by atoms with Crippen molar-refractivity contribution in [1.29, 1.82) is 0 Å². The van der Waals surface area contributed by atoms with E-state index < -0.39 is 29.6 Å². The van der Waals surface area contributed by atoms with Gasteiger partial charge in [0.05, 0.1) is 0 Å². The number of thioether (sulfide) groups is 1. The maximum absolute atomic E-state index is 12.5. The summed E-state index contributed by atoms with van der Waals surface area (Å²) in [6, 6.07) is 11.8. The second-order valence-electron chi connectivity index (χ2n) is 11.7. The van der Waals surface area contributed by atoms with Gasteiger partial charge in [0.15, 0.2) is 6.29 Å². The Labute approximate surface area is 240 Å². The van der Waals surface area contributed by atoms with E-state index in [1.54, 1.807) is 59.5 Å². The van der Waals surface area contributed by atoms with Crippen LogP contribution >= 0.6 is 23.4 Å². The number of hydrogen-bond acceptors (Lipinski definition) is 6. The van der Waals surface area contributed by atoms with Gasteiger partial charge in [-0.3, -0.25) is 19.6 Å². The number of benzene rings is 1. The molecule has 1 fully saturated rings. The smallest absolute Gasteiger partial charge is 0.410 e. The van der Waals surface area contributed by atoms with E-state index in [1.165, 1.54) is 15.4 Å². The SMILES string of the molecule is CC(C)(C)N(C(=O)O)C(N1CCN(Cc2cccnc2SCc2ccc(Cl)cc2)CC1)N(C(=O)O)C(C)(C)C. The molecule has 3 rings (SSSR count). The first-order chi connectivity index (χ1) is 18.2. The third-order valence-electron chi connectivity index (χ3n) is 6.59. The summed E-state index contributed by atoms with van der Waals surface area (Å²) in [5.74, 6) is 0.784. The molecule has 2 aromatic rings. The monoisotopic (exact) mass is 577 g/mol. The number of aromatic nitrogens is 1. The molecule has 1 aromatic heterocycles. The second kappa shape index (κ2) is 12.8. The van der Waals surface area contributed by atoms with E-state index in [-0.39, 0.29) is 0 Å². The van der Waals surface area contributed by atoms with Crippen LogP contribution in [0.1, 0.15) is 52.7 Å². The van der Waals surface area contributed by atoms with E-state index in [2.05, 4.69) is 16.0 Å². The standard InChI is InChI=1S/C28H40ClN5O4S/c1-27(2,3)33(25(35)36)24(34(26(37)38)28(4,5)6)32-16-14-31(15-17-32)18-21-8-7-13-30-23(21)39-19-20-9-11-22(29)12-10-20/h7-13,24H,14-19H2,1-6H3,(H,35,36)(H,37,38). The summed E-state index contributed by atoms with van der Waals surface area (Å²) in [6.45, 7) is 13.8. The number of carbonyl (C=O) groups is 2. The van der Waals surface area contributed by atoms with Crippen molar-refractivity contribution in [2.24, 2.45) is 0 Å². The predicted octanol–water partition coefficient (Wildman–Crippen LogP) is 5.99. The summed E-state index contributed by atoms with van der Waals surface area (Å²) in [5, 5.41) is 22.1. The lowest BCUT2D eigenvalue weighted by molar-refractivity contribution is -0.117. The topological polar surface area (TPSA) is 100 Å². The van der Waals surface area contributed by atoms with Gasteiger partial charge in [-0.25, -0.2) is 14.6 Å². The van der Waals surface area contributed by atoms with Crippen molar-refractivity contribution < 1.29 is 19.8 Å². The molecule has 0 aliphatic carbocycles. The number of rotatable bonds is 8. The predicted molar refractivity (Wildman–Crippen MR) is 155 cm³/mol. The van der Waals surface area contributed by atoms with Crippen molar-refractivity contribution in [2.75, 3.05) is 26.2 Å². The highest BCUT2D eigenvalue weighted by atomic mass is 35.5. The largest absolute Gasteiger partial charge is 0.465 e. The third kappa shape index (κ3) is 8.23. The number of hydrogen-bond donors (Lipinski definition) is 2. The summed E-state index contributed by atoms with van der Waals surface area (Å²) in [6.07, 6.45) is -1.45. The lowest BCUT2D eigenvalue weighted by atomic mass is 10.0. The average Bonchev–Trinajstić information content (AvgIpc) is 2.82. The van der Waals surface area contributed by atoms with Gasteiger partial charge in [0, 0.05) is 60.8 Å². The fourth-order valence-corrected chi connectivity index (χ4v) is 5.78. The lowest BCUT2D eigenvalue weighted by Gasteiger charge is -2.53. The van der Waals surface area contributed by atoms with Crippen LogP contribution in [0.5, 0.6) is 0 Å². The molecule has 0 spiro atoms. The zero-order chi connectivity index (χ0) is 29.0. The fourth-order valence-electron chi connectivity index (χ4n) is 4.71. The van der Waals surface area contributed by atoms with Gasteiger partial charge in [-0.2, -0.15) is 0 Å². The van der Waals surface area contributed by atoms with Gasteiger partial charge >= 0.3 is 12.2 Å². The fraction of sp³-hybridized carbons (Fsp3) is 0.536. The first-order valence-corrected chi connectivity index (χ1v) is 14.4. The number of nitrogens with zero attached hydrogens (tertiary/aromatic N) is 5. The summed E-state index contributed by atoms with van der Waals surface area (Å²) in [4.78, 5) is 36.3. The molecule has 0 saturated carbocycles. The highest BCUT2D eigenvalue weighted by Gasteiger charge is 2.46. The van der Waals surface area contributed by atoms with Crippen molar-refractivity contribution in [3.63, 3.8) is 0 Å². The summed E-state index contributed by atoms with van der Waals surface area (Å²) in [5.41, 5.74) is 0.686. The van der Waals surface area contributed by atoms with Gasteiger partial charge < -0.3 is 10.2 Å². The highest BCUT2D eigenvalue weighted by Crippen LogP contribution is 2.30. The molecular weight excluding hydrogens is 538 g/mol. The van der Waals surface area contributed by atoms with Crippen LogP contribution in [0.2, 0.25) is 5.02 Å². The molecule has 0 atom stereocenters. The number of amides is 2. The van der Waals surface area contributed by atoms with Crippen LogP contribution in [0.15, 0.2) is 47.6 Å². The van der Waals surface area contributed by atoms with Gasteiger partial charge in [-0.05, 0) is 70.9 Å². The van der Waals surface area contributed by atoms with Crippen molar-refractivity contribution in [1.82, 2.24) is 24.6 Å². The maximum Gasteiger partial charge on any atom is 0.410 e. The van der Waals surface area contributed by atoms with E-state index in [1.807, 2.05) is 35.2 Å². The van der Waals surface area contributed by atoms with Gasteiger partial charge in [-0.1, -0.05) is 29.8 Å². The Morgan fingerprint density at radius 2 is 1.49 bits per heavy atom. The van der Waals surface area contributed by atoms with Crippen molar-refractivity contribution in [3.8, 4) is 0 Å². The normalized spacial score (nSPS) is 15.4. The third-order valence-corrected chi connectivity index (χ3v) is 7.96. The highest BCUT2D eigenvalue weighted by molar-refractivity contribution is 7.98. The Kier molecular flexibility index (Phi) is 10.1. The summed E-state index contributed by atoms with van der Waals surface area (Å²) >= 11 is 7.70. The molecule has 2 heterocycles. The second-order valence-corrected chi connectivity index (χ2v) is 13.1. The van der Waals surface area contributed by atoms with E-state index in [0.29, 0.717) is 37.7 Å². The number of piperazine rings is 1. The Bertz CT molecular complexity index is 1100. The van der Waals surface area contributed by atoms with Crippen LogP contribution in [0.4, 0.5) is 9.59 Å². The van der Waals surface area contributed by atoms with Crippen molar-refractivity contribution in [3.05, 3.63) is 58.7 Å². The molecule has 2 amide bonds. The molecule has 0 radical (unpaired) electrons. The zero-order valence-corrected chi connectivity index (χ0v) is 25.2. The number of pyridine rings is 1. The van der Waals surface area contributed by atoms with Gasteiger partial charge in [0.25, 0.3) is 0 Å². The first kappa shape index (κ1) is 31.0. The maximum atomic E-state index is 12.5. The molecule has 1 saturated heterocycles. The van der Waals surface area contributed by atoms with Crippen LogP contribution in [0.25, 0.3) is 0 Å². The van der Waals surface area contributed by atoms with Crippen LogP contribution in [-0.4, -0.2) is 90.5 Å². The Morgan fingerprint density at radius 1 is 0.949 bits per heavy atom. The minimum atomic E-state index is -1.15. The average molecular weight is 578 g/mol. The van der Waals surface area contributed by atoms with Crippen LogP contribution in [0, 0.1) is 0 Å². The summed E-state index contributed by atoms with van der Waals surface area (Å²) < 4.78 is 0. The number of carboxylic acid groups (broad SMARTS) is 2. The van der Waals surface area contributed by atoms with Crippen LogP contribution < -0.4 is 0 Å². The van der Waals surface area contributed by atoms with E-state index in [4.69, 9.17) is 11.6 Å². The zero-order valence-electron chi connectivity index (χ0n) is 23.6. The molecule has 214 valence electrons. The molecule has 1 aromatic carbocycles. The molecule has 39 heavy (non-hydrogen) atoms. The van der Waals surface area contributed by atoms with Gasteiger partial charge in [-0.15, -0.1) is 11.8 Å². The molecule has 0 unspecified atom stereocenters. The quantitative estimate of drug-likeness (QED) is 0.292. The van der Waals surface area contributed by atoms with E-state index >= 15 is 0 Å². The van der Waals surface area contributed by atoms with Gasteiger partial charge in [0.1, 0.15) is 5.03 Å². The molecule has 2 N–H and O–H groups in total. The molecule has 11 heteroatoms. The Hall–Kier alpha value is -2.53. The van der Waals surface area contributed by atoms with Gasteiger partial charge in [0.2, 0.25) is 0 Å². The van der Waals surface area contributed by atoms with Crippen molar-refractivity contribution in [2.45, 2.75) is 76.2 Å².